The lowest BCUT2D eigenvalue weighted by Crippen LogP contribution is -2.12. The highest BCUT2D eigenvalue weighted by atomic mass is 16.5. The maximum atomic E-state index is 9.79. The summed E-state index contributed by atoms with van der Waals surface area (Å²) < 4.78 is 5.19. The van der Waals surface area contributed by atoms with E-state index in [4.69, 9.17) is 9.72 Å². The zero-order valence-corrected chi connectivity index (χ0v) is 15.9. The van der Waals surface area contributed by atoms with Crippen LogP contribution in [-0.2, 0) is 0 Å². The molecule has 5 nitrogen and oxygen atoms in total. The van der Waals surface area contributed by atoms with Gasteiger partial charge in [0, 0.05) is 5.56 Å². The first-order valence-corrected chi connectivity index (χ1v) is 9.13. The predicted molar refractivity (Wildman–Crippen MR) is 108 cm³/mol. The van der Waals surface area contributed by atoms with Crippen LogP contribution in [0.15, 0.2) is 54.9 Å². The number of nitrogens with zero attached hydrogens (tertiary/aromatic N) is 2. The Balaban J connectivity index is 1.86. The third-order valence-corrected chi connectivity index (χ3v) is 4.49. The number of methoxy groups -OCH3 is 1. The molecule has 2 aromatic carbocycles. The fraction of sp³-hybridized carbons (Fsp3) is 0.273. The van der Waals surface area contributed by atoms with Crippen LogP contribution >= 0.6 is 0 Å². The van der Waals surface area contributed by atoms with Crippen molar-refractivity contribution in [1.29, 1.82) is 0 Å². The molecule has 1 atom stereocenters. The number of aromatic hydroxyl groups is 1. The molecule has 3 rings (SSSR count). The first kappa shape index (κ1) is 18.7. The standard InChI is InChI=1S/C22H25N3O2/c1-4-5-18(16-8-6-15(2)7-9-16)24-22-14-23-13-19(25-22)17-10-11-20(26)21(12-17)27-3/h6-14,18,26H,4-5H2,1-3H3,(H,24,25)/t18-/m0/s1. The number of phenolic OH excluding ortho intramolecular Hbond substituents is 1. The SMILES string of the molecule is CCC[C@H](Nc1cncc(-c2ccc(O)c(OC)c2)n1)c1ccc(C)cc1. The zero-order valence-electron chi connectivity index (χ0n) is 15.9. The number of phenols is 1. The molecule has 0 aliphatic carbocycles. The number of rotatable bonds is 7. The maximum absolute atomic E-state index is 9.79. The van der Waals surface area contributed by atoms with E-state index >= 15 is 0 Å². The molecule has 3 aromatic rings. The van der Waals surface area contributed by atoms with Crippen molar-refractivity contribution in [2.75, 3.05) is 12.4 Å². The van der Waals surface area contributed by atoms with Crippen LogP contribution in [-0.4, -0.2) is 22.2 Å². The summed E-state index contributed by atoms with van der Waals surface area (Å²) in [7, 11) is 1.53. The zero-order chi connectivity index (χ0) is 19.2. The fourth-order valence-corrected chi connectivity index (χ4v) is 3.00. The molecular formula is C22H25N3O2. The van der Waals surface area contributed by atoms with Gasteiger partial charge in [0.25, 0.3) is 0 Å². The Hall–Kier alpha value is -3.08. The van der Waals surface area contributed by atoms with Gasteiger partial charge in [0.2, 0.25) is 0 Å². The minimum Gasteiger partial charge on any atom is -0.504 e. The molecule has 0 aliphatic heterocycles. The lowest BCUT2D eigenvalue weighted by molar-refractivity contribution is 0.373. The number of ether oxygens (including phenoxy) is 1. The Bertz CT molecular complexity index is 894. The molecule has 0 saturated carbocycles. The van der Waals surface area contributed by atoms with E-state index in [2.05, 4.69) is 48.4 Å². The van der Waals surface area contributed by atoms with E-state index in [-0.39, 0.29) is 11.8 Å². The van der Waals surface area contributed by atoms with Gasteiger partial charge in [-0.05, 0) is 37.1 Å². The maximum Gasteiger partial charge on any atom is 0.161 e. The third-order valence-electron chi connectivity index (χ3n) is 4.49. The number of aryl methyl sites for hydroxylation is 1. The average molecular weight is 363 g/mol. The molecule has 0 amide bonds. The molecular weight excluding hydrogens is 338 g/mol. The van der Waals surface area contributed by atoms with E-state index in [1.807, 2.05) is 0 Å². The van der Waals surface area contributed by atoms with Crippen molar-refractivity contribution in [2.45, 2.75) is 32.7 Å². The molecule has 2 N–H and O–H groups in total. The Morgan fingerprint density at radius 2 is 1.89 bits per heavy atom. The van der Waals surface area contributed by atoms with Gasteiger partial charge >= 0.3 is 0 Å². The van der Waals surface area contributed by atoms with Crippen LogP contribution < -0.4 is 10.1 Å². The third kappa shape index (κ3) is 4.56. The predicted octanol–water partition coefficient (Wildman–Crippen LogP) is 5.12. The number of aromatic nitrogens is 2. The topological polar surface area (TPSA) is 67.3 Å². The lowest BCUT2D eigenvalue weighted by Gasteiger charge is -2.19. The summed E-state index contributed by atoms with van der Waals surface area (Å²) in [4.78, 5) is 9.03. The summed E-state index contributed by atoms with van der Waals surface area (Å²) in [5.41, 5.74) is 4.04. The number of hydrogen-bond acceptors (Lipinski definition) is 5. The van der Waals surface area contributed by atoms with Gasteiger partial charge in [0.05, 0.1) is 31.2 Å². The molecule has 5 heteroatoms. The van der Waals surface area contributed by atoms with Crippen molar-refractivity contribution in [2.24, 2.45) is 0 Å². The van der Waals surface area contributed by atoms with E-state index in [1.165, 1.54) is 18.2 Å². The second-order valence-corrected chi connectivity index (χ2v) is 6.57. The highest BCUT2D eigenvalue weighted by Crippen LogP contribution is 2.31. The van der Waals surface area contributed by atoms with Crippen LogP contribution in [0.3, 0.4) is 0 Å². The van der Waals surface area contributed by atoms with Crippen LogP contribution in [0.5, 0.6) is 11.5 Å². The molecule has 140 valence electrons. The largest absolute Gasteiger partial charge is 0.504 e. The highest BCUT2D eigenvalue weighted by Gasteiger charge is 2.13. The van der Waals surface area contributed by atoms with E-state index in [0.717, 1.165) is 29.9 Å². The van der Waals surface area contributed by atoms with E-state index < -0.39 is 0 Å². The number of anilines is 1. The summed E-state index contributed by atoms with van der Waals surface area (Å²) in [5.74, 6) is 1.24. The van der Waals surface area contributed by atoms with Crippen LogP contribution in [0, 0.1) is 6.92 Å². The first-order chi connectivity index (χ1) is 13.1. The summed E-state index contributed by atoms with van der Waals surface area (Å²) in [6, 6.07) is 13.9. The minimum atomic E-state index is 0.103. The molecule has 0 saturated heterocycles. The van der Waals surface area contributed by atoms with Crippen LogP contribution in [0.1, 0.15) is 36.9 Å². The summed E-state index contributed by atoms with van der Waals surface area (Å²) in [6.45, 7) is 4.26. The molecule has 0 bridgehead atoms. The average Bonchev–Trinajstić information content (AvgIpc) is 2.69. The molecule has 1 heterocycles. The molecule has 0 fully saturated rings. The molecule has 0 aliphatic rings. The highest BCUT2D eigenvalue weighted by molar-refractivity contribution is 5.64. The van der Waals surface area contributed by atoms with Gasteiger partial charge in [0.1, 0.15) is 5.82 Å². The van der Waals surface area contributed by atoms with Gasteiger partial charge in [-0.15, -0.1) is 0 Å². The molecule has 27 heavy (non-hydrogen) atoms. The second-order valence-electron chi connectivity index (χ2n) is 6.57. The quantitative estimate of drug-likeness (QED) is 0.610. The second kappa shape index (κ2) is 8.54. The van der Waals surface area contributed by atoms with Crippen molar-refractivity contribution in [3.8, 4) is 22.8 Å². The molecule has 1 aromatic heterocycles. The summed E-state index contributed by atoms with van der Waals surface area (Å²) >= 11 is 0. The number of nitrogens with one attached hydrogen (secondary N) is 1. The monoisotopic (exact) mass is 363 g/mol. The van der Waals surface area contributed by atoms with Gasteiger partial charge in [-0.25, -0.2) is 4.98 Å². The van der Waals surface area contributed by atoms with Gasteiger partial charge in [0.15, 0.2) is 11.5 Å². The van der Waals surface area contributed by atoms with E-state index in [0.29, 0.717) is 5.75 Å². The normalized spacial score (nSPS) is 11.8. The lowest BCUT2D eigenvalue weighted by atomic mass is 10.0. The van der Waals surface area contributed by atoms with Gasteiger partial charge in [-0.1, -0.05) is 43.2 Å². The molecule has 0 unspecified atom stereocenters. The van der Waals surface area contributed by atoms with Crippen molar-refractivity contribution in [3.05, 3.63) is 66.0 Å². The van der Waals surface area contributed by atoms with Crippen molar-refractivity contribution in [3.63, 3.8) is 0 Å². The van der Waals surface area contributed by atoms with Gasteiger partial charge < -0.3 is 15.2 Å². The van der Waals surface area contributed by atoms with E-state index in [9.17, 15) is 5.11 Å². The van der Waals surface area contributed by atoms with E-state index in [1.54, 1.807) is 30.6 Å². The first-order valence-electron chi connectivity index (χ1n) is 9.13. The van der Waals surface area contributed by atoms with Gasteiger partial charge in [-0.3, -0.25) is 4.98 Å². The Labute approximate surface area is 160 Å². The van der Waals surface area contributed by atoms with Gasteiger partial charge in [-0.2, -0.15) is 0 Å². The van der Waals surface area contributed by atoms with Crippen molar-refractivity contribution in [1.82, 2.24) is 9.97 Å². The minimum absolute atomic E-state index is 0.103. The molecule has 0 radical (unpaired) electrons. The summed E-state index contributed by atoms with van der Waals surface area (Å²) in [6.07, 6.45) is 5.51. The van der Waals surface area contributed by atoms with Crippen LogP contribution in [0.4, 0.5) is 5.82 Å². The molecule has 0 spiro atoms. The van der Waals surface area contributed by atoms with Crippen molar-refractivity contribution < 1.29 is 9.84 Å². The smallest absolute Gasteiger partial charge is 0.161 e. The summed E-state index contributed by atoms with van der Waals surface area (Å²) in [5, 5.41) is 13.3. The van der Waals surface area contributed by atoms with Crippen LogP contribution in [0.2, 0.25) is 0 Å². The van der Waals surface area contributed by atoms with Crippen LogP contribution in [0.25, 0.3) is 11.3 Å². The number of hydrogen-bond donors (Lipinski definition) is 2. The van der Waals surface area contributed by atoms with Crippen molar-refractivity contribution >= 4 is 5.82 Å². The number of benzene rings is 2. The fourth-order valence-electron chi connectivity index (χ4n) is 3.00. The Morgan fingerprint density at radius 3 is 2.59 bits per heavy atom. The Kier molecular flexibility index (Phi) is 5.91. The Morgan fingerprint density at radius 1 is 1.11 bits per heavy atom.